The van der Waals surface area contributed by atoms with Crippen LogP contribution in [0.25, 0.3) is 16.3 Å². The monoisotopic (exact) mass is 284 g/mol. The van der Waals surface area contributed by atoms with Gasteiger partial charge < -0.3 is 4.74 Å². The molecule has 1 aliphatic rings. The van der Waals surface area contributed by atoms with E-state index < -0.39 is 0 Å². The molecule has 22 heavy (non-hydrogen) atoms. The molecule has 1 nitrogen and oxygen atoms in total. The molecule has 0 spiro atoms. The van der Waals surface area contributed by atoms with E-state index in [2.05, 4.69) is 72.8 Å². The number of benzene rings is 3. The minimum atomic E-state index is -0.0708. The second-order valence-electron chi connectivity index (χ2n) is 5.40. The van der Waals surface area contributed by atoms with Crippen LogP contribution in [0.1, 0.15) is 17.2 Å². The van der Waals surface area contributed by atoms with Gasteiger partial charge in [-0.1, -0.05) is 78.9 Å². The van der Waals surface area contributed by atoms with Crippen molar-refractivity contribution >= 4 is 16.3 Å². The van der Waals surface area contributed by atoms with E-state index in [1.807, 2.05) is 12.1 Å². The van der Waals surface area contributed by atoms with Crippen molar-refractivity contribution in [3.8, 4) is 0 Å². The average molecular weight is 284 g/mol. The maximum Gasteiger partial charge on any atom is 0.149 e. The van der Waals surface area contributed by atoms with Crippen molar-refractivity contribution in [3.63, 3.8) is 0 Å². The first-order valence-electron chi connectivity index (χ1n) is 7.49. The van der Waals surface area contributed by atoms with Crippen LogP contribution in [0, 0.1) is 0 Å². The molecule has 1 unspecified atom stereocenters. The zero-order valence-corrected chi connectivity index (χ0v) is 12.1. The fourth-order valence-electron chi connectivity index (χ4n) is 3.03. The summed E-state index contributed by atoms with van der Waals surface area (Å²) >= 11 is 0. The molecule has 4 rings (SSSR count). The molecular weight excluding hydrogens is 268 g/mol. The highest BCUT2D eigenvalue weighted by Crippen LogP contribution is 2.38. The van der Waals surface area contributed by atoms with Gasteiger partial charge in [-0.05, 0) is 22.4 Å². The van der Waals surface area contributed by atoms with Crippen molar-refractivity contribution in [1.82, 2.24) is 0 Å². The molecule has 1 heterocycles. The number of hydrogen-bond donors (Lipinski definition) is 0. The summed E-state index contributed by atoms with van der Waals surface area (Å²) < 4.78 is 5.99. The van der Waals surface area contributed by atoms with Crippen LogP contribution in [0.3, 0.4) is 0 Å². The van der Waals surface area contributed by atoms with Gasteiger partial charge in [0.25, 0.3) is 0 Å². The number of hydrogen-bond acceptors (Lipinski definition) is 1. The standard InChI is InChI=1S/C21H16O/c1-2-8-17(9-3-1)19-14-7-15-22-21(19)20-13-6-11-16-10-4-5-12-18(16)20/h1-15,21H. The maximum absolute atomic E-state index is 5.99. The smallest absolute Gasteiger partial charge is 0.149 e. The Morgan fingerprint density at radius 1 is 0.727 bits per heavy atom. The van der Waals surface area contributed by atoms with E-state index >= 15 is 0 Å². The van der Waals surface area contributed by atoms with E-state index in [9.17, 15) is 0 Å². The lowest BCUT2D eigenvalue weighted by Gasteiger charge is -2.24. The van der Waals surface area contributed by atoms with Gasteiger partial charge in [-0.2, -0.15) is 0 Å². The molecule has 0 aromatic heterocycles. The van der Waals surface area contributed by atoms with Crippen molar-refractivity contribution in [2.75, 3.05) is 0 Å². The Hall–Kier alpha value is -2.80. The van der Waals surface area contributed by atoms with Crippen LogP contribution in [0.15, 0.2) is 91.2 Å². The molecule has 0 amide bonds. The molecule has 0 saturated heterocycles. The SMILES string of the molecule is C1=COC(c2cccc3ccccc23)C(c2ccccc2)=C1. The summed E-state index contributed by atoms with van der Waals surface area (Å²) in [6, 6.07) is 25.3. The summed E-state index contributed by atoms with van der Waals surface area (Å²) in [5.41, 5.74) is 3.60. The average Bonchev–Trinajstić information content (AvgIpc) is 2.62. The summed E-state index contributed by atoms with van der Waals surface area (Å²) in [6.07, 6.45) is 5.81. The summed E-state index contributed by atoms with van der Waals surface area (Å²) in [4.78, 5) is 0. The summed E-state index contributed by atoms with van der Waals surface area (Å²) in [5, 5.41) is 2.48. The number of rotatable bonds is 2. The van der Waals surface area contributed by atoms with E-state index in [1.54, 1.807) is 6.26 Å². The van der Waals surface area contributed by atoms with Crippen molar-refractivity contribution in [2.24, 2.45) is 0 Å². The van der Waals surface area contributed by atoms with Crippen LogP contribution in [-0.4, -0.2) is 0 Å². The van der Waals surface area contributed by atoms with Crippen molar-refractivity contribution in [3.05, 3.63) is 102 Å². The zero-order chi connectivity index (χ0) is 14.8. The highest BCUT2D eigenvalue weighted by molar-refractivity contribution is 5.88. The van der Waals surface area contributed by atoms with Crippen molar-refractivity contribution in [1.29, 1.82) is 0 Å². The minimum absolute atomic E-state index is 0.0708. The second kappa shape index (κ2) is 5.53. The van der Waals surface area contributed by atoms with Gasteiger partial charge in [-0.3, -0.25) is 0 Å². The van der Waals surface area contributed by atoms with Gasteiger partial charge >= 0.3 is 0 Å². The molecule has 0 fully saturated rings. The maximum atomic E-state index is 5.99. The number of fused-ring (bicyclic) bond motifs is 1. The van der Waals surface area contributed by atoms with E-state index in [0.717, 1.165) is 0 Å². The van der Waals surface area contributed by atoms with Crippen LogP contribution < -0.4 is 0 Å². The summed E-state index contributed by atoms with van der Waals surface area (Å²) in [6.45, 7) is 0. The van der Waals surface area contributed by atoms with Gasteiger partial charge in [0.05, 0.1) is 6.26 Å². The van der Waals surface area contributed by atoms with E-state index in [1.165, 1.54) is 27.5 Å². The Kier molecular flexibility index (Phi) is 3.24. The molecule has 0 radical (unpaired) electrons. The molecule has 106 valence electrons. The zero-order valence-electron chi connectivity index (χ0n) is 12.1. The van der Waals surface area contributed by atoms with Gasteiger partial charge in [0.2, 0.25) is 0 Å². The molecule has 1 heteroatoms. The Morgan fingerprint density at radius 2 is 1.50 bits per heavy atom. The molecule has 0 saturated carbocycles. The van der Waals surface area contributed by atoms with Crippen LogP contribution in [0.5, 0.6) is 0 Å². The number of allylic oxidation sites excluding steroid dienone is 2. The Morgan fingerprint density at radius 3 is 2.41 bits per heavy atom. The quantitative estimate of drug-likeness (QED) is 0.603. The topological polar surface area (TPSA) is 9.23 Å². The van der Waals surface area contributed by atoms with Gasteiger partial charge in [0.15, 0.2) is 0 Å². The van der Waals surface area contributed by atoms with E-state index in [-0.39, 0.29) is 6.10 Å². The van der Waals surface area contributed by atoms with Crippen molar-refractivity contribution < 1.29 is 4.74 Å². The highest BCUT2D eigenvalue weighted by Gasteiger charge is 2.22. The Bertz CT molecular complexity index is 854. The van der Waals surface area contributed by atoms with E-state index in [4.69, 9.17) is 4.74 Å². The van der Waals surface area contributed by atoms with Crippen LogP contribution in [0.4, 0.5) is 0 Å². The van der Waals surface area contributed by atoms with Gasteiger partial charge in [0, 0.05) is 11.1 Å². The second-order valence-corrected chi connectivity index (χ2v) is 5.40. The summed E-state index contributed by atoms with van der Waals surface area (Å²) in [5.74, 6) is 0. The van der Waals surface area contributed by atoms with Crippen LogP contribution >= 0.6 is 0 Å². The lowest BCUT2D eigenvalue weighted by atomic mass is 9.91. The number of ether oxygens (including phenoxy) is 1. The lowest BCUT2D eigenvalue weighted by molar-refractivity contribution is 0.196. The normalized spacial score (nSPS) is 17.1. The third-order valence-corrected chi connectivity index (χ3v) is 4.06. The molecule has 1 aliphatic heterocycles. The molecule has 0 N–H and O–H groups in total. The lowest BCUT2D eigenvalue weighted by Crippen LogP contribution is -2.07. The molecule has 1 atom stereocenters. The van der Waals surface area contributed by atoms with Gasteiger partial charge in [0.1, 0.15) is 6.10 Å². The highest BCUT2D eigenvalue weighted by atomic mass is 16.5. The third kappa shape index (κ3) is 2.21. The Labute approximate surface area is 130 Å². The first kappa shape index (κ1) is 12.9. The first-order valence-corrected chi connectivity index (χ1v) is 7.49. The van der Waals surface area contributed by atoms with Gasteiger partial charge in [-0.15, -0.1) is 0 Å². The van der Waals surface area contributed by atoms with E-state index in [0.29, 0.717) is 0 Å². The van der Waals surface area contributed by atoms with Crippen LogP contribution in [0.2, 0.25) is 0 Å². The predicted octanol–water partition coefficient (Wildman–Crippen LogP) is 5.51. The molecule has 3 aromatic rings. The molecule has 0 aliphatic carbocycles. The minimum Gasteiger partial charge on any atom is -0.489 e. The largest absolute Gasteiger partial charge is 0.489 e. The Balaban J connectivity index is 1.87. The fourth-order valence-corrected chi connectivity index (χ4v) is 3.03. The molecule has 0 bridgehead atoms. The fraction of sp³-hybridized carbons (Fsp3) is 0.0476. The molecule has 3 aromatic carbocycles. The summed E-state index contributed by atoms with van der Waals surface area (Å²) in [7, 11) is 0. The first-order chi connectivity index (χ1) is 10.9. The predicted molar refractivity (Wildman–Crippen MR) is 91.3 cm³/mol. The molecular formula is C21H16O. The van der Waals surface area contributed by atoms with Gasteiger partial charge in [-0.25, -0.2) is 0 Å². The van der Waals surface area contributed by atoms with Crippen LogP contribution in [-0.2, 0) is 4.74 Å². The third-order valence-electron chi connectivity index (χ3n) is 4.06. The van der Waals surface area contributed by atoms with Crippen molar-refractivity contribution in [2.45, 2.75) is 6.10 Å².